The fourth-order valence-corrected chi connectivity index (χ4v) is 1.88. The molecule has 0 aliphatic carbocycles. The van der Waals surface area contributed by atoms with Gasteiger partial charge in [0, 0.05) is 6.07 Å². The molecule has 0 spiro atoms. The van der Waals surface area contributed by atoms with Crippen LogP contribution in [0.25, 0.3) is 0 Å². The van der Waals surface area contributed by atoms with Gasteiger partial charge in [0.15, 0.2) is 0 Å². The number of nitrogens with one attached hydrogen (secondary N) is 1. The van der Waals surface area contributed by atoms with Gasteiger partial charge in [-0.3, -0.25) is 0 Å². The molecule has 0 aliphatic heterocycles. The van der Waals surface area contributed by atoms with E-state index in [1.54, 1.807) is 12.1 Å². The molecule has 0 heterocycles. The van der Waals surface area contributed by atoms with Crippen molar-refractivity contribution < 1.29 is 4.74 Å². The highest BCUT2D eigenvalue weighted by atomic mass is 35.5. The van der Waals surface area contributed by atoms with Crippen molar-refractivity contribution >= 4 is 23.2 Å². The lowest BCUT2D eigenvalue weighted by Crippen LogP contribution is -2.15. The van der Waals surface area contributed by atoms with Crippen molar-refractivity contribution in [2.75, 3.05) is 19.7 Å². The monoisotopic (exact) mass is 289 g/mol. The van der Waals surface area contributed by atoms with Gasteiger partial charge in [-0.15, -0.1) is 0 Å². The van der Waals surface area contributed by atoms with Crippen LogP contribution in [0.5, 0.6) is 5.75 Å². The topological polar surface area (TPSA) is 21.3 Å². The number of hydrogen-bond donors (Lipinski definition) is 1. The first-order chi connectivity index (χ1) is 8.74. The molecule has 1 rings (SSSR count). The van der Waals surface area contributed by atoms with Crippen LogP contribution in [-0.2, 0) is 0 Å². The van der Waals surface area contributed by atoms with E-state index in [1.165, 1.54) is 19.3 Å². The summed E-state index contributed by atoms with van der Waals surface area (Å²) in [6.45, 7) is 5.12. The summed E-state index contributed by atoms with van der Waals surface area (Å²) in [5.41, 5.74) is 0. The van der Waals surface area contributed by atoms with Crippen LogP contribution in [0, 0.1) is 0 Å². The quantitative estimate of drug-likeness (QED) is 0.674. The van der Waals surface area contributed by atoms with Crippen molar-refractivity contribution in [3.8, 4) is 5.75 Å². The Hall–Kier alpha value is -0.440. The van der Waals surface area contributed by atoms with E-state index < -0.39 is 0 Å². The second-order valence-electron chi connectivity index (χ2n) is 4.24. The van der Waals surface area contributed by atoms with E-state index in [4.69, 9.17) is 27.9 Å². The largest absolute Gasteiger partial charge is 0.494 e. The molecule has 0 aliphatic rings. The molecular formula is C14H21Cl2NO. The minimum atomic E-state index is 0.540. The van der Waals surface area contributed by atoms with E-state index >= 15 is 0 Å². The molecule has 0 bridgehead atoms. The number of hydrogen-bond acceptors (Lipinski definition) is 2. The molecule has 0 saturated heterocycles. The summed E-state index contributed by atoms with van der Waals surface area (Å²) in [4.78, 5) is 0. The fourth-order valence-electron chi connectivity index (χ4n) is 1.59. The molecule has 0 aromatic heterocycles. The van der Waals surface area contributed by atoms with Crippen LogP contribution in [0.15, 0.2) is 18.2 Å². The molecule has 4 heteroatoms. The standard InChI is InChI=1S/C14H21Cl2NO/c1-2-8-17-9-4-3-5-10-18-12-6-7-13(15)14(16)11-12/h6-7,11,17H,2-5,8-10H2,1H3. The third kappa shape index (κ3) is 6.48. The zero-order chi connectivity index (χ0) is 13.2. The van der Waals surface area contributed by atoms with Gasteiger partial charge in [-0.05, 0) is 50.9 Å². The van der Waals surface area contributed by atoms with Gasteiger partial charge >= 0.3 is 0 Å². The number of halogens is 2. The van der Waals surface area contributed by atoms with E-state index in [9.17, 15) is 0 Å². The van der Waals surface area contributed by atoms with Gasteiger partial charge in [0.25, 0.3) is 0 Å². The number of rotatable bonds is 9. The van der Waals surface area contributed by atoms with Crippen LogP contribution in [0.4, 0.5) is 0 Å². The average Bonchev–Trinajstić information content (AvgIpc) is 2.37. The molecule has 0 atom stereocenters. The summed E-state index contributed by atoms with van der Waals surface area (Å²) < 4.78 is 5.61. The van der Waals surface area contributed by atoms with Crippen LogP contribution >= 0.6 is 23.2 Å². The maximum Gasteiger partial charge on any atom is 0.120 e. The Kier molecular flexibility index (Phi) is 8.23. The third-order valence-corrected chi connectivity index (χ3v) is 3.32. The first-order valence-corrected chi connectivity index (χ1v) is 7.28. The molecule has 2 nitrogen and oxygen atoms in total. The number of unbranched alkanes of at least 4 members (excludes halogenated alkanes) is 2. The Morgan fingerprint density at radius 2 is 1.89 bits per heavy atom. The van der Waals surface area contributed by atoms with Gasteiger partial charge in [0.2, 0.25) is 0 Å². The van der Waals surface area contributed by atoms with Gasteiger partial charge in [0.1, 0.15) is 5.75 Å². The Labute approximate surface area is 120 Å². The summed E-state index contributed by atoms with van der Waals surface area (Å²) in [5.74, 6) is 0.786. The molecule has 0 radical (unpaired) electrons. The highest BCUT2D eigenvalue weighted by Crippen LogP contribution is 2.26. The molecule has 0 unspecified atom stereocenters. The molecule has 1 aromatic carbocycles. The third-order valence-electron chi connectivity index (χ3n) is 2.58. The van der Waals surface area contributed by atoms with Crippen LogP contribution < -0.4 is 10.1 Å². The zero-order valence-corrected chi connectivity index (χ0v) is 12.4. The smallest absolute Gasteiger partial charge is 0.120 e. The van der Waals surface area contributed by atoms with Crippen molar-refractivity contribution in [2.45, 2.75) is 32.6 Å². The minimum Gasteiger partial charge on any atom is -0.494 e. The molecule has 1 aromatic rings. The van der Waals surface area contributed by atoms with Crippen molar-refractivity contribution in [3.05, 3.63) is 28.2 Å². The Morgan fingerprint density at radius 3 is 2.61 bits per heavy atom. The van der Waals surface area contributed by atoms with Crippen molar-refractivity contribution in [2.24, 2.45) is 0 Å². The van der Waals surface area contributed by atoms with E-state index in [0.29, 0.717) is 10.0 Å². The highest BCUT2D eigenvalue weighted by Gasteiger charge is 2.00. The van der Waals surface area contributed by atoms with Crippen molar-refractivity contribution in [1.29, 1.82) is 0 Å². The first kappa shape index (κ1) is 15.6. The summed E-state index contributed by atoms with van der Waals surface area (Å²) >= 11 is 11.7. The van der Waals surface area contributed by atoms with Crippen molar-refractivity contribution in [3.63, 3.8) is 0 Å². The van der Waals surface area contributed by atoms with Crippen LogP contribution in [0.3, 0.4) is 0 Å². The number of benzene rings is 1. The molecule has 18 heavy (non-hydrogen) atoms. The van der Waals surface area contributed by atoms with Gasteiger partial charge in [-0.1, -0.05) is 30.1 Å². The summed E-state index contributed by atoms with van der Waals surface area (Å²) in [6.07, 6.45) is 4.64. The summed E-state index contributed by atoms with van der Waals surface area (Å²) in [5, 5.41) is 4.49. The van der Waals surface area contributed by atoms with Crippen LogP contribution in [0.2, 0.25) is 10.0 Å². The second-order valence-corrected chi connectivity index (χ2v) is 5.05. The Balaban J connectivity index is 2.05. The minimum absolute atomic E-state index is 0.540. The maximum atomic E-state index is 5.90. The van der Waals surface area contributed by atoms with Crippen LogP contribution in [-0.4, -0.2) is 19.7 Å². The van der Waals surface area contributed by atoms with Gasteiger partial charge < -0.3 is 10.1 Å². The van der Waals surface area contributed by atoms with E-state index in [2.05, 4.69) is 12.2 Å². The first-order valence-electron chi connectivity index (χ1n) is 6.52. The molecule has 102 valence electrons. The summed E-state index contributed by atoms with van der Waals surface area (Å²) in [7, 11) is 0. The molecular weight excluding hydrogens is 269 g/mol. The van der Waals surface area contributed by atoms with E-state index in [-0.39, 0.29) is 0 Å². The lowest BCUT2D eigenvalue weighted by Gasteiger charge is -2.07. The van der Waals surface area contributed by atoms with Crippen LogP contribution in [0.1, 0.15) is 32.6 Å². The maximum absolute atomic E-state index is 5.90. The lowest BCUT2D eigenvalue weighted by molar-refractivity contribution is 0.305. The average molecular weight is 290 g/mol. The molecule has 0 fully saturated rings. The molecule has 0 saturated carbocycles. The summed E-state index contributed by atoms with van der Waals surface area (Å²) in [6, 6.07) is 5.36. The Morgan fingerprint density at radius 1 is 1.06 bits per heavy atom. The predicted octanol–water partition coefficient (Wildman–Crippen LogP) is 4.54. The molecule has 1 N–H and O–H groups in total. The number of ether oxygens (including phenoxy) is 1. The van der Waals surface area contributed by atoms with Gasteiger partial charge in [-0.2, -0.15) is 0 Å². The Bertz CT molecular complexity index is 345. The lowest BCUT2D eigenvalue weighted by atomic mass is 10.2. The van der Waals surface area contributed by atoms with Gasteiger partial charge in [-0.25, -0.2) is 0 Å². The fraction of sp³-hybridized carbons (Fsp3) is 0.571. The van der Waals surface area contributed by atoms with Gasteiger partial charge in [0.05, 0.1) is 16.7 Å². The van der Waals surface area contributed by atoms with E-state index in [0.717, 1.165) is 31.9 Å². The second kappa shape index (κ2) is 9.48. The molecule has 0 amide bonds. The van der Waals surface area contributed by atoms with Crippen molar-refractivity contribution in [1.82, 2.24) is 5.32 Å². The zero-order valence-electron chi connectivity index (χ0n) is 10.8. The normalized spacial score (nSPS) is 10.6. The SMILES string of the molecule is CCCNCCCCCOc1ccc(Cl)c(Cl)c1. The highest BCUT2D eigenvalue weighted by molar-refractivity contribution is 6.42. The predicted molar refractivity (Wildman–Crippen MR) is 79.0 cm³/mol. The van der Waals surface area contributed by atoms with E-state index in [1.807, 2.05) is 6.07 Å².